The quantitative estimate of drug-likeness (QED) is 0.197. The fourth-order valence-corrected chi connectivity index (χ4v) is 4.92. The lowest BCUT2D eigenvalue weighted by molar-refractivity contribution is -0.134. The van der Waals surface area contributed by atoms with Crippen LogP contribution in [0.4, 0.5) is 0 Å². The summed E-state index contributed by atoms with van der Waals surface area (Å²) in [4.78, 5) is 12.1. The number of esters is 1. The number of aliphatic hydroxyl groups excluding tert-OH is 1. The standard InChI is InChI=1S/C27H30ClNO5S/c1-2-3-7-27(31)34-23-10-14-25(15-11-23)35(32,33)24-12-8-20(9-13-24)16-17-29-19-26(30)21-5-4-6-22(28)18-21/h4-6,8-15,18,26,29-30H,2-3,7,16-17,19H2,1H3. The first kappa shape index (κ1) is 26.9. The van der Waals surface area contributed by atoms with Crippen molar-refractivity contribution in [1.29, 1.82) is 0 Å². The molecular formula is C27H30ClNO5S. The maximum absolute atomic E-state index is 13.0. The molecule has 0 aliphatic carbocycles. The van der Waals surface area contributed by atoms with Gasteiger partial charge in [-0.2, -0.15) is 0 Å². The zero-order chi connectivity index (χ0) is 25.3. The van der Waals surface area contributed by atoms with Gasteiger partial charge in [0.2, 0.25) is 9.84 Å². The van der Waals surface area contributed by atoms with E-state index in [9.17, 15) is 18.3 Å². The summed E-state index contributed by atoms with van der Waals surface area (Å²) < 4.78 is 31.1. The Kier molecular flexibility index (Phi) is 9.86. The smallest absolute Gasteiger partial charge is 0.311 e. The predicted octanol–water partition coefficient (Wildman–Crippen LogP) is 5.13. The van der Waals surface area contributed by atoms with Gasteiger partial charge in [0.15, 0.2) is 0 Å². The molecule has 0 aliphatic heterocycles. The van der Waals surface area contributed by atoms with Gasteiger partial charge in [0.25, 0.3) is 0 Å². The fourth-order valence-electron chi connectivity index (χ4n) is 3.47. The highest BCUT2D eigenvalue weighted by atomic mass is 35.5. The van der Waals surface area contributed by atoms with Crippen molar-refractivity contribution in [3.05, 3.63) is 88.9 Å². The summed E-state index contributed by atoms with van der Waals surface area (Å²) in [5, 5.41) is 14.0. The van der Waals surface area contributed by atoms with Crippen molar-refractivity contribution in [2.75, 3.05) is 13.1 Å². The highest BCUT2D eigenvalue weighted by Crippen LogP contribution is 2.24. The number of rotatable bonds is 12. The van der Waals surface area contributed by atoms with Gasteiger partial charge in [-0.15, -0.1) is 0 Å². The summed E-state index contributed by atoms with van der Waals surface area (Å²) >= 11 is 5.96. The molecule has 1 unspecified atom stereocenters. The topological polar surface area (TPSA) is 92.7 Å². The number of nitrogens with one attached hydrogen (secondary N) is 1. The first-order chi connectivity index (χ1) is 16.8. The molecule has 0 fully saturated rings. The number of benzene rings is 3. The highest BCUT2D eigenvalue weighted by Gasteiger charge is 2.18. The second-order valence-corrected chi connectivity index (χ2v) is 10.6. The Hall–Kier alpha value is -2.71. The van der Waals surface area contributed by atoms with E-state index in [0.29, 0.717) is 36.7 Å². The summed E-state index contributed by atoms with van der Waals surface area (Å²) in [5.74, 6) is -0.000103. The van der Waals surface area contributed by atoms with Gasteiger partial charge in [0, 0.05) is 18.0 Å². The van der Waals surface area contributed by atoms with Crippen molar-refractivity contribution in [3.63, 3.8) is 0 Å². The molecule has 0 saturated heterocycles. The van der Waals surface area contributed by atoms with Crippen LogP contribution in [-0.4, -0.2) is 32.6 Å². The van der Waals surface area contributed by atoms with E-state index in [1.165, 1.54) is 24.3 Å². The number of carbonyl (C=O) groups excluding carboxylic acids is 1. The highest BCUT2D eigenvalue weighted by molar-refractivity contribution is 7.91. The predicted molar refractivity (Wildman–Crippen MR) is 136 cm³/mol. The van der Waals surface area contributed by atoms with Gasteiger partial charge in [-0.1, -0.05) is 49.2 Å². The second-order valence-electron chi connectivity index (χ2n) is 8.22. The van der Waals surface area contributed by atoms with Crippen LogP contribution >= 0.6 is 11.6 Å². The molecule has 3 rings (SSSR count). The molecule has 0 spiro atoms. The van der Waals surface area contributed by atoms with E-state index < -0.39 is 15.9 Å². The molecule has 6 nitrogen and oxygen atoms in total. The molecule has 3 aromatic rings. The number of unbranched alkanes of at least 4 members (excludes halogenated alkanes) is 1. The molecule has 0 aromatic heterocycles. The first-order valence-electron chi connectivity index (χ1n) is 11.6. The van der Waals surface area contributed by atoms with Crippen molar-refractivity contribution >= 4 is 27.4 Å². The van der Waals surface area contributed by atoms with Crippen molar-refractivity contribution in [3.8, 4) is 5.75 Å². The number of hydrogen-bond acceptors (Lipinski definition) is 6. The van der Waals surface area contributed by atoms with Crippen LogP contribution in [0.3, 0.4) is 0 Å². The fraction of sp³-hybridized carbons (Fsp3) is 0.296. The van der Waals surface area contributed by atoms with Gasteiger partial charge in [-0.25, -0.2) is 8.42 Å². The van der Waals surface area contributed by atoms with E-state index in [4.69, 9.17) is 16.3 Å². The SMILES string of the molecule is CCCCC(=O)Oc1ccc(S(=O)(=O)c2ccc(CCNCC(O)c3cccc(Cl)c3)cc2)cc1. The van der Waals surface area contributed by atoms with Gasteiger partial charge in [-0.3, -0.25) is 4.79 Å². The minimum absolute atomic E-state index is 0.135. The lowest BCUT2D eigenvalue weighted by atomic mass is 10.1. The third-order valence-electron chi connectivity index (χ3n) is 5.50. The number of carbonyl (C=O) groups is 1. The van der Waals surface area contributed by atoms with E-state index >= 15 is 0 Å². The van der Waals surface area contributed by atoms with Crippen LogP contribution in [0, 0.1) is 0 Å². The lowest BCUT2D eigenvalue weighted by Crippen LogP contribution is -2.23. The monoisotopic (exact) mass is 515 g/mol. The number of sulfone groups is 1. The van der Waals surface area contributed by atoms with Crippen LogP contribution in [-0.2, 0) is 21.1 Å². The number of halogens is 1. The molecule has 0 heterocycles. The van der Waals surface area contributed by atoms with E-state index in [1.54, 1.807) is 42.5 Å². The van der Waals surface area contributed by atoms with Crippen LogP contribution < -0.4 is 10.1 Å². The maximum atomic E-state index is 13.0. The van der Waals surface area contributed by atoms with Gasteiger partial charge in [0.05, 0.1) is 15.9 Å². The van der Waals surface area contributed by atoms with Crippen LogP contribution in [0.5, 0.6) is 5.75 Å². The molecular weight excluding hydrogens is 486 g/mol. The second kappa shape index (κ2) is 12.8. The summed E-state index contributed by atoms with van der Waals surface area (Å²) in [5.41, 5.74) is 1.73. The molecule has 8 heteroatoms. The third kappa shape index (κ3) is 7.90. The average molecular weight is 516 g/mol. The molecule has 1 atom stereocenters. The largest absolute Gasteiger partial charge is 0.427 e. The molecule has 0 amide bonds. The van der Waals surface area contributed by atoms with Crippen molar-refractivity contribution in [1.82, 2.24) is 5.32 Å². The van der Waals surface area contributed by atoms with Gasteiger partial charge >= 0.3 is 5.97 Å². The summed E-state index contributed by atoms with van der Waals surface area (Å²) in [6.45, 7) is 3.00. The van der Waals surface area contributed by atoms with Crippen LogP contribution in [0.2, 0.25) is 5.02 Å². The minimum Gasteiger partial charge on any atom is -0.427 e. The van der Waals surface area contributed by atoms with E-state index in [2.05, 4.69) is 5.32 Å². The molecule has 0 saturated carbocycles. The van der Waals surface area contributed by atoms with Gasteiger partial charge in [-0.05, 0) is 79.0 Å². The zero-order valence-corrected chi connectivity index (χ0v) is 21.2. The van der Waals surface area contributed by atoms with Crippen molar-refractivity contribution in [2.45, 2.75) is 48.5 Å². The Bertz CT molecular complexity index is 1210. The van der Waals surface area contributed by atoms with Crippen LogP contribution in [0.15, 0.2) is 82.6 Å². The Labute approximate surface area is 211 Å². The van der Waals surface area contributed by atoms with Gasteiger partial charge in [0.1, 0.15) is 5.75 Å². The van der Waals surface area contributed by atoms with Gasteiger partial charge < -0.3 is 15.2 Å². The van der Waals surface area contributed by atoms with E-state index in [-0.39, 0.29) is 15.8 Å². The maximum Gasteiger partial charge on any atom is 0.311 e. The van der Waals surface area contributed by atoms with Crippen LogP contribution in [0.1, 0.15) is 43.4 Å². The number of aliphatic hydroxyl groups is 1. The summed E-state index contributed by atoms with van der Waals surface area (Å²) in [6.07, 6.45) is 2.01. The summed E-state index contributed by atoms with van der Waals surface area (Å²) in [7, 11) is -3.69. The average Bonchev–Trinajstić information content (AvgIpc) is 2.86. The molecule has 0 bridgehead atoms. The molecule has 3 aromatic carbocycles. The minimum atomic E-state index is -3.69. The number of hydrogen-bond donors (Lipinski definition) is 2. The Morgan fingerprint density at radius 3 is 2.31 bits per heavy atom. The van der Waals surface area contributed by atoms with Crippen molar-refractivity contribution < 1.29 is 23.1 Å². The van der Waals surface area contributed by atoms with E-state index in [0.717, 1.165) is 24.0 Å². The zero-order valence-electron chi connectivity index (χ0n) is 19.6. The molecule has 186 valence electrons. The Morgan fingerprint density at radius 1 is 1.03 bits per heavy atom. The normalized spacial score (nSPS) is 12.3. The molecule has 35 heavy (non-hydrogen) atoms. The lowest BCUT2D eigenvalue weighted by Gasteiger charge is -2.13. The molecule has 0 radical (unpaired) electrons. The summed E-state index contributed by atoms with van der Waals surface area (Å²) in [6, 6.07) is 19.7. The van der Waals surface area contributed by atoms with Crippen molar-refractivity contribution in [2.24, 2.45) is 0 Å². The van der Waals surface area contributed by atoms with E-state index in [1.807, 2.05) is 13.0 Å². The van der Waals surface area contributed by atoms with Crippen LogP contribution in [0.25, 0.3) is 0 Å². The molecule has 2 N–H and O–H groups in total. The molecule has 0 aliphatic rings. The third-order valence-corrected chi connectivity index (χ3v) is 7.52. The Balaban J connectivity index is 1.52. The Morgan fingerprint density at radius 2 is 1.69 bits per heavy atom. The first-order valence-corrected chi connectivity index (χ1v) is 13.4. The number of ether oxygens (including phenoxy) is 1.